The minimum absolute atomic E-state index is 0.0770. The molecule has 1 aliphatic rings. The molecule has 1 saturated heterocycles. The molecule has 0 radical (unpaired) electrons. The second-order valence-corrected chi connectivity index (χ2v) is 7.34. The van der Waals surface area contributed by atoms with E-state index in [0.717, 1.165) is 42.5 Å². The van der Waals surface area contributed by atoms with Crippen LogP contribution in [0.1, 0.15) is 41.9 Å². The highest BCUT2D eigenvalue weighted by molar-refractivity contribution is 9.10. The fourth-order valence-electron chi connectivity index (χ4n) is 3.10. The highest BCUT2D eigenvalue weighted by Crippen LogP contribution is 2.20. The number of aromatic nitrogens is 4. The van der Waals surface area contributed by atoms with Gasteiger partial charge in [0.05, 0.1) is 29.1 Å². The van der Waals surface area contributed by atoms with Gasteiger partial charge >= 0.3 is 0 Å². The molecule has 3 heterocycles. The molecule has 2 amide bonds. The predicted octanol–water partition coefficient (Wildman–Crippen LogP) is 2.34. The van der Waals surface area contributed by atoms with E-state index < -0.39 is 0 Å². The Morgan fingerprint density at radius 1 is 1.19 bits per heavy atom. The Hall–Kier alpha value is -2.16. The molecule has 140 valence electrons. The second-order valence-electron chi connectivity index (χ2n) is 6.48. The maximum atomic E-state index is 12.8. The fourth-order valence-corrected chi connectivity index (χ4v) is 3.39. The summed E-state index contributed by atoms with van der Waals surface area (Å²) >= 11 is 3.41. The Kier molecular flexibility index (Phi) is 5.75. The molecule has 0 spiro atoms. The number of rotatable bonds is 5. The summed E-state index contributed by atoms with van der Waals surface area (Å²) in [5.74, 6) is -0.247. The summed E-state index contributed by atoms with van der Waals surface area (Å²) in [6.45, 7) is 3.92. The third kappa shape index (κ3) is 3.98. The van der Waals surface area contributed by atoms with Crippen molar-refractivity contribution in [2.24, 2.45) is 7.05 Å². The number of piperidine rings is 1. The summed E-state index contributed by atoms with van der Waals surface area (Å²) in [4.78, 5) is 27.0. The van der Waals surface area contributed by atoms with Crippen molar-refractivity contribution in [3.05, 3.63) is 28.3 Å². The first-order valence-corrected chi connectivity index (χ1v) is 9.55. The van der Waals surface area contributed by atoms with Crippen LogP contribution >= 0.6 is 15.9 Å². The Morgan fingerprint density at radius 2 is 1.92 bits per heavy atom. The van der Waals surface area contributed by atoms with Crippen LogP contribution in [0.25, 0.3) is 0 Å². The maximum absolute atomic E-state index is 12.8. The lowest BCUT2D eigenvalue weighted by molar-refractivity contribution is -0.116. The number of nitrogens with one attached hydrogen (secondary N) is 1. The highest BCUT2D eigenvalue weighted by Gasteiger charge is 2.25. The van der Waals surface area contributed by atoms with Gasteiger partial charge in [0, 0.05) is 32.3 Å². The van der Waals surface area contributed by atoms with Gasteiger partial charge in [-0.25, -0.2) is 0 Å². The lowest BCUT2D eigenvalue weighted by Crippen LogP contribution is -2.37. The van der Waals surface area contributed by atoms with E-state index in [2.05, 4.69) is 31.4 Å². The fraction of sp³-hybridized carbons (Fsp3) is 0.529. The smallest absolute Gasteiger partial charge is 0.274 e. The zero-order chi connectivity index (χ0) is 18.7. The quantitative estimate of drug-likeness (QED) is 0.800. The van der Waals surface area contributed by atoms with Gasteiger partial charge in [0.1, 0.15) is 5.69 Å². The van der Waals surface area contributed by atoms with Crippen LogP contribution in [0.5, 0.6) is 0 Å². The van der Waals surface area contributed by atoms with E-state index in [0.29, 0.717) is 17.9 Å². The molecular formula is C17H23BrN6O2. The summed E-state index contributed by atoms with van der Waals surface area (Å²) < 4.78 is 4.22. The molecule has 2 aromatic rings. The van der Waals surface area contributed by atoms with Crippen LogP contribution < -0.4 is 5.32 Å². The number of carbonyl (C=O) groups excluding carboxylic acids is 2. The number of hydrogen-bond donors (Lipinski definition) is 1. The second kappa shape index (κ2) is 8.03. The zero-order valence-corrected chi connectivity index (χ0v) is 16.6. The standard InChI is InChI=1S/C17H23BrN6O2/c1-12-13(18)10-20-24(12)9-6-15(25)21-14-11-19-22(2)16(14)17(26)23-7-4-3-5-8-23/h10-11H,3-9H2,1-2H3,(H,21,25). The van der Waals surface area contributed by atoms with Crippen LogP contribution in [0.2, 0.25) is 0 Å². The van der Waals surface area contributed by atoms with Gasteiger partial charge in [-0.05, 0) is 42.1 Å². The van der Waals surface area contributed by atoms with Crippen molar-refractivity contribution in [1.82, 2.24) is 24.5 Å². The van der Waals surface area contributed by atoms with Crippen molar-refractivity contribution in [2.75, 3.05) is 18.4 Å². The summed E-state index contributed by atoms with van der Waals surface area (Å²) in [7, 11) is 1.72. The number of halogens is 1. The normalized spacial score (nSPS) is 14.5. The molecule has 0 atom stereocenters. The average Bonchev–Trinajstić information content (AvgIpc) is 3.16. The minimum atomic E-state index is -0.170. The lowest BCUT2D eigenvalue weighted by atomic mass is 10.1. The van der Waals surface area contributed by atoms with Gasteiger partial charge in [0.25, 0.3) is 5.91 Å². The number of aryl methyl sites for hydroxylation is 2. The summed E-state index contributed by atoms with van der Waals surface area (Å²) in [5.41, 5.74) is 1.87. The zero-order valence-electron chi connectivity index (χ0n) is 15.0. The molecule has 0 saturated carbocycles. The van der Waals surface area contributed by atoms with Gasteiger partial charge in [-0.1, -0.05) is 0 Å². The number of likely N-dealkylation sites (tertiary alicyclic amines) is 1. The van der Waals surface area contributed by atoms with E-state index >= 15 is 0 Å². The number of nitrogens with zero attached hydrogens (tertiary/aromatic N) is 5. The number of anilines is 1. The minimum Gasteiger partial charge on any atom is -0.337 e. The molecule has 0 aromatic carbocycles. The van der Waals surface area contributed by atoms with E-state index in [-0.39, 0.29) is 18.2 Å². The predicted molar refractivity (Wildman–Crippen MR) is 101 cm³/mol. The van der Waals surface area contributed by atoms with E-state index in [1.54, 1.807) is 17.9 Å². The molecule has 2 aromatic heterocycles. The van der Waals surface area contributed by atoms with Gasteiger partial charge in [-0.15, -0.1) is 0 Å². The third-order valence-corrected chi connectivity index (χ3v) is 5.43. The molecule has 1 N–H and O–H groups in total. The van der Waals surface area contributed by atoms with Crippen LogP contribution in [-0.4, -0.2) is 49.4 Å². The van der Waals surface area contributed by atoms with E-state index in [1.807, 2.05) is 11.8 Å². The molecule has 1 aliphatic heterocycles. The third-order valence-electron chi connectivity index (χ3n) is 4.65. The lowest BCUT2D eigenvalue weighted by Gasteiger charge is -2.27. The van der Waals surface area contributed by atoms with E-state index in [1.165, 1.54) is 10.9 Å². The first kappa shape index (κ1) is 18.6. The van der Waals surface area contributed by atoms with Crippen molar-refractivity contribution < 1.29 is 9.59 Å². The van der Waals surface area contributed by atoms with Crippen molar-refractivity contribution >= 4 is 33.4 Å². The Morgan fingerprint density at radius 3 is 2.58 bits per heavy atom. The first-order chi connectivity index (χ1) is 12.5. The van der Waals surface area contributed by atoms with E-state index in [9.17, 15) is 9.59 Å². The Balaban J connectivity index is 1.65. The van der Waals surface area contributed by atoms with Crippen molar-refractivity contribution in [2.45, 2.75) is 39.2 Å². The van der Waals surface area contributed by atoms with Crippen molar-refractivity contribution in [3.63, 3.8) is 0 Å². The SMILES string of the molecule is Cc1c(Br)cnn1CCC(=O)Nc1cnn(C)c1C(=O)N1CCCCC1. The van der Waals surface area contributed by atoms with Crippen LogP contribution in [-0.2, 0) is 18.4 Å². The van der Waals surface area contributed by atoms with Crippen molar-refractivity contribution in [1.29, 1.82) is 0 Å². The van der Waals surface area contributed by atoms with Crippen molar-refractivity contribution in [3.8, 4) is 0 Å². The molecule has 1 fully saturated rings. The molecule has 0 aliphatic carbocycles. The Bertz CT molecular complexity index is 806. The molecule has 8 nitrogen and oxygen atoms in total. The van der Waals surface area contributed by atoms with Gasteiger partial charge in [-0.2, -0.15) is 10.2 Å². The molecule has 26 heavy (non-hydrogen) atoms. The summed E-state index contributed by atoms with van der Waals surface area (Å²) in [5, 5.41) is 11.2. The van der Waals surface area contributed by atoms with Crippen LogP contribution in [0.4, 0.5) is 5.69 Å². The summed E-state index contributed by atoms with van der Waals surface area (Å²) in [6.07, 6.45) is 6.70. The molecule has 3 rings (SSSR count). The average molecular weight is 423 g/mol. The van der Waals surface area contributed by atoms with Crippen LogP contribution in [0.3, 0.4) is 0 Å². The molecule has 0 bridgehead atoms. The van der Waals surface area contributed by atoms with Gasteiger partial charge in [-0.3, -0.25) is 19.0 Å². The maximum Gasteiger partial charge on any atom is 0.274 e. The first-order valence-electron chi connectivity index (χ1n) is 8.76. The Labute approximate surface area is 160 Å². The number of amides is 2. The highest BCUT2D eigenvalue weighted by atomic mass is 79.9. The number of carbonyl (C=O) groups is 2. The van der Waals surface area contributed by atoms with Crippen LogP contribution in [0.15, 0.2) is 16.9 Å². The molecular weight excluding hydrogens is 400 g/mol. The summed E-state index contributed by atoms with van der Waals surface area (Å²) in [6, 6.07) is 0. The van der Waals surface area contributed by atoms with Gasteiger partial charge in [0.2, 0.25) is 5.91 Å². The van der Waals surface area contributed by atoms with Gasteiger partial charge < -0.3 is 10.2 Å². The molecule has 9 heteroatoms. The largest absolute Gasteiger partial charge is 0.337 e. The molecule has 0 unspecified atom stereocenters. The van der Waals surface area contributed by atoms with E-state index in [4.69, 9.17) is 0 Å². The van der Waals surface area contributed by atoms with Gasteiger partial charge in [0.15, 0.2) is 0 Å². The monoisotopic (exact) mass is 422 g/mol. The van der Waals surface area contributed by atoms with Crippen LogP contribution in [0, 0.1) is 6.92 Å². The number of hydrogen-bond acceptors (Lipinski definition) is 4. The topological polar surface area (TPSA) is 85.0 Å².